The van der Waals surface area contributed by atoms with Gasteiger partial charge in [-0.05, 0) is 50.7 Å². The van der Waals surface area contributed by atoms with Gasteiger partial charge in [-0.25, -0.2) is 4.39 Å². The zero-order valence-electron chi connectivity index (χ0n) is 5.94. The average molecular weight is 340 g/mol. The molecule has 0 atom stereocenters. The largest absolute Gasteiger partial charge is 0.207 e. The lowest BCUT2D eigenvalue weighted by atomic mass is 10.1. The summed E-state index contributed by atoms with van der Waals surface area (Å²) in [6, 6.07) is 4.96. The summed E-state index contributed by atoms with van der Waals surface area (Å²) in [5.41, 5.74) is 0.435. The average Bonchev–Trinajstić information content (AvgIpc) is 2.01. The molecule has 0 bridgehead atoms. The van der Waals surface area contributed by atoms with Crippen LogP contribution in [0.25, 0.3) is 0 Å². The van der Waals surface area contributed by atoms with Gasteiger partial charge in [-0.2, -0.15) is 5.26 Å². The van der Waals surface area contributed by atoms with Gasteiger partial charge in [0, 0.05) is 13.6 Å². The lowest BCUT2D eigenvalue weighted by Gasteiger charge is -2.00. The Hall–Kier alpha value is -0.150. The van der Waals surface area contributed by atoms with Crippen molar-refractivity contribution >= 4 is 38.5 Å². The van der Waals surface area contributed by atoms with E-state index in [1.165, 1.54) is 6.07 Å². The van der Waals surface area contributed by atoms with Crippen molar-refractivity contribution in [3.63, 3.8) is 0 Å². The Kier molecular flexibility index (Phi) is 3.47. The maximum atomic E-state index is 13.0. The summed E-state index contributed by atoms with van der Waals surface area (Å²) < 4.78 is 14.7. The van der Waals surface area contributed by atoms with Gasteiger partial charge < -0.3 is 0 Å². The zero-order chi connectivity index (χ0) is 9.14. The van der Waals surface area contributed by atoms with E-state index in [9.17, 15) is 4.39 Å². The number of nitrogens with zero attached hydrogens (tertiary/aromatic N) is 1. The van der Waals surface area contributed by atoms with Crippen molar-refractivity contribution in [3.8, 4) is 6.07 Å². The third kappa shape index (κ3) is 2.17. The van der Waals surface area contributed by atoms with E-state index in [0.29, 0.717) is 5.56 Å². The van der Waals surface area contributed by atoms with Crippen LogP contribution in [0.15, 0.2) is 16.6 Å². The molecule has 0 aromatic heterocycles. The van der Waals surface area contributed by atoms with Crippen molar-refractivity contribution < 1.29 is 4.39 Å². The summed E-state index contributed by atoms with van der Waals surface area (Å²) >= 11 is 5.29. The molecule has 1 aromatic rings. The molecule has 0 saturated carbocycles. The van der Waals surface area contributed by atoms with Gasteiger partial charge in [0.25, 0.3) is 0 Å². The highest BCUT2D eigenvalue weighted by molar-refractivity contribution is 14.1. The highest BCUT2D eigenvalue weighted by Gasteiger charge is 2.05. The van der Waals surface area contributed by atoms with E-state index in [1.807, 2.05) is 28.7 Å². The van der Waals surface area contributed by atoms with Crippen molar-refractivity contribution in [1.29, 1.82) is 5.26 Å². The highest BCUT2D eigenvalue weighted by atomic mass is 127. The molecule has 62 valence electrons. The second-order valence-corrected chi connectivity index (χ2v) is 4.21. The fourth-order valence-electron chi connectivity index (χ4n) is 0.784. The Labute approximate surface area is 91.8 Å². The normalized spacial score (nSPS) is 9.50. The number of halogens is 3. The summed E-state index contributed by atoms with van der Waals surface area (Å²) in [6.45, 7) is 0. The number of nitriles is 1. The summed E-state index contributed by atoms with van der Waals surface area (Å²) in [4.78, 5) is 0. The fraction of sp³-hybridized carbons (Fsp3) is 0.125. The minimum absolute atomic E-state index is 0.112. The number of hydrogen-bond donors (Lipinski definition) is 0. The fourth-order valence-corrected chi connectivity index (χ4v) is 1.60. The molecule has 0 saturated heterocycles. The minimum Gasteiger partial charge on any atom is -0.207 e. The van der Waals surface area contributed by atoms with Gasteiger partial charge in [-0.1, -0.05) is 0 Å². The van der Waals surface area contributed by atoms with Gasteiger partial charge in [-0.15, -0.1) is 0 Å². The van der Waals surface area contributed by atoms with Gasteiger partial charge in [0.1, 0.15) is 5.82 Å². The molecule has 4 heteroatoms. The Morgan fingerprint density at radius 3 is 2.83 bits per heavy atom. The van der Waals surface area contributed by atoms with Crippen molar-refractivity contribution in [3.05, 3.63) is 31.6 Å². The SMILES string of the molecule is N#CCc1cc(Br)c(I)cc1F. The Balaban J connectivity index is 3.16. The van der Waals surface area contributed by atoms with Crippen molar-refractivity contribution in [2.75, 3.05) is 0 Å². The van der Waals surface area contributed by atoms with Gasteiger partial charge >= 0.3 is 0 Å². The third-order valence-corrected chi connectivity index (χ3v) is 3.65. The van der Waals surface area contributed by atoms with E-state index in [0.717, 1.165) is 8.04 Å². The van der Waals surface area contributed by atoms with Crippen molar-refractivity contribution in [2.45, 2.75) is 6.42 Å². The van der Waals surface area contributed by atoms with Crippen LogP contribution < -0.4 is 0 Å². The molecule has 12 heavy (non-hydrogen) atoms. The molecule has 0 aliphatic carbocycles. The molecule has 0 fully saturated rings. The molecule has 1 rings (SSSR count). The summed E-state index contributed by atoms with van der Waals surface area (Å²) in [5, 5.41) is 8.37. The van der Waals surface area contributed by atoms with Crippen molar-refractivity contribution in [1.82, 2.24) is 0 Å². The first-order valence-electron chi connectivity index (χ1n) is 3.15. The highest BCUT2D eigenvalue weighted by Crippen LogP contribution is 2.22. The summed E-state index contributed by atoms with van der Waals surface area (Å²) in [7, 11) is 0. The Morgan fingerprint density at radius 2 is 2.25 bits per heavy atom. The molecule has 0 aliphatic heterocycles. The number of rotatable bonds is 1. The maximum Gasteiger partial charge on any atom is 0.128 e. The second kappa shape index (κ2) is 4.19. The molecular weight excluding hydrogens is 336 g/mol. The van der Waals surface area contributed by atoms with E-state index < -0.39 is 0 Å². The molecular formula is C8H4BrFIN. The van der Waals surface area contributed by atoms with Crippen molar-refractivity contribution in [2.24, 2.45) is 0 Å². The van der Waals surface area contributed by atoms with Crippen LogP contribution in [0.1, 0.15) is 5.56 Å². The second-order valence-electron chi connectivity index (χ2n) is 2.19. The van der Waals surface area contributed by atoms with Gasteiger partial charge in [0.05, 0.1) is 12.5 Å². The monoisotopic (exact) mass is 339 g/mol. The Morgan fingerprint density at radius 1 is 1.58 bits per heavy atom. The quantitative estimate of drug-likeness (QED) is 0.569. The molecule has 0 N–H and O–H groups in total. The predicted molar refractivity (Wildman–Crippen MR) is 56.1 cm³/mol. The van der Waals surface area contributed by atoms with E-state index >= 15 is 0 Å². The summed E-state index contributed by atoms with van der Waals surface area (Å²) in [5.74, 6) is -0.316. The molecule has 0 spiro atoms. The van der Waals surface area contributed by atoms with Crippen LogP contribution >= 0.6 is 38.5 Å². The Bertz CT molecular complexity index is 346. The number of hydrogen-bond acceptors (Lipinski definition) is 1. The van der Waals surface area contributed by atoms with Crippen LogP contribution in [0.2, 0.25) is 0 Å². The van der Waals surface area contributed by atoms with Crippen LogP contribution in [0.4, 0.5) is 4.39 Å². The maximum absolute atomic E-state index is 13.0. The predicted octanol–water partition coefficient (Wildman–Crippen LogP) is 3.26. The molecule has 0 amide bonds. The minimum atomic E-state index is -0.316. The van der Waals surface area contributed by atoms with Crippen LogP contribution in [0.3, 0.4) is 0 Å². The smallest absolute Gasteiger partial charge is 0.128 e. The first kappa shape index (κ1) is 9.93. The van der Waals surface area contributed by atoms with E-state index in [-0.39, 0.29) is 12.2 Å². The van der Waals surface area contributed by atoms with Crippen LogP contribution in [0, 0.1) is 20.7 Å². The van der Waals surface area contributed by atoms with Gasteiger partial charge in [0.15, 0.2) is 0 Å². The van der Waals surface area contributed by atoms with E-state index in [1.54, 1.807) is 6.07 Å². The van der Waals surface area contributed by atoms with Gasteiger partial charge in [-0.3, -0.25) is 0 Å². The lowest BCUT2D eigenvalue weighted by molar-refractivity contribution is 0.614. The van der Waals surface area contributed by atoms with E-state index in [2.05, 4.69) is 15.9 Å². The van der Waals surface area contributed by atoms with Gasteiger partial charge in [0.2, 0.25) is 0 Å². The van der Waals surface area contributed by atoms with Crippen LogP contribution in [0.5, 0.6) is 0 Å². The molecule has 0 heterocycles. The first-order valence-corrected chi connectivity index (χ1v) is 5.02. The zero-order valence-corrected chi connectivity index (χ0v) is 9.69. The standard InChI is InChI=1S/C8H4BrFIN/c9-6-3-5(1-2-12)7(10)4-8(6)11/h3-4H,1H2. The molecule has 1 nitrogen and oxygen atoms in total. The third-order valence-electron chi connectivity index (χ3n) is 1.36. The summed E-state index contributed by atoms with van der Waals surface area (Å²) in [6.07, 6.45) is 0.112. The van der Waals surface area contributed by atoms with E-state index in [4.69, 9.17) is 5.26 Å². The van der Waals surface area contributed by atoms with Crippen LogP contribution in [-0.4, -0.2) is 0 Å². The topological polar surface area (TPSA) is 23.8 Å². The molecule has 1 aromatic carbocycles. The molecule has 0 aliphatic rings. The van der Waals surface area contributed by atoms with Crippen LogP contribution in [-0.2, 0) is 6.42 Å². The molecule has 0 unspecified atom stereocenters. The number of benzene rings is 1. The first-order chi connectivity index (χ1) is 5.65. The molecule has 0 radical (unpaired) electrons. The lowest BCUT2D eigenvalue weighted by Crippen LogP contribution is -1.90.